The topological polar surface area (TPSA) is 58.3 Å². The summed E-state index contributed by atoms with van der Waals surface area (Å²) in [5.74, 6) is 0. The molecule has 1 saturated heterocycles. The first-order valence-corrected chi connectivity index (χ1v) is 6.07. The van der Waals surface area contributed by atoms with Crippen LogP contribution in [0.4, 0.5) is 5.13 Å². The molecule has 1 aliphatic heterocycles. The van der Waals surface area contributed by atoms with Crippen molar-refractivity contribution >= 4 is 16.5 Å². The summed E-state index contributed by atoms with van der Waals surface area (Å²) >= 11 is 1.67. The molecular formula is C9H17N5S. The van der Waals surface area contributed by atoms with Gasteiger partial charge in [0.05, 0.1) is 0 Å². The van der Waals surface area contributed by atoms with Crippen LogP contribution >= 0.6 is 11.3 Å². The van der Waals surface area contributed by atoms with Crippen LogP contribution in [-0.2, 0) is 6.42 Å². The van der Waals surface area contributed by atoms with Gasteiger partial charge in [-0.05, 0) is 13.6 Å². The Kier molecular flexibility index (Phi) is 3.50. The van der Waals surface area contributed by atoms with Gasteiger partial charge >= 0.3 is 0 Å². The lowest BCUT2D eigenvalue weighted by Crippen LogP contribution is -2.44. The quantitative estimate of drug-likeness (QED) is 0.774. The number of rotatable bonds is 3. The molecule has 1 aromatic rings. The summed E-state index contributed by atoms with van der Waals surface area (Å²) < 4.78 is 0. The number of nitrogens with two attached hydrogens (primary N) is 1. The van der Waals surface area contributed by atoms with Crippen molar-refractivity contribution in [3.05, 3.63) is 5.01 Å². The summed E-state index contributed by atoms with van der Waals surface area (Å²) in [5, 5.41) is 10.4. The third kappa shape index (κ3) is 2.64. The van der Waals surface area contributed by atoms with Gasteiger partial charge in [-0.2, -0.15) is 0 Å². The standard InChI is InChI=1S/C9H17N5S/c1-13-4-6-14(7-5-13)9-12-11-8(15-9)2-3-10/h2-7,10H2,1H3. The second kappa shape index (κ2) is 4.87. The van der Waals surface area contributed by atoms with E-state index < -0.39 is 0 Å². The van der Waals surface area contributed by atoms with Crippen molar-refractivity contribution in [1.82, 2.24) is 15.1 Å². The number of hydrogen-bond acceptors (Lipinski definition) is 6. The lowest BCUT2D eigenvalue weighted by atomic mass is 10.3. The maximum Gasteiger partial charge on any atom is 0.208 e. The van der Waals surface area contributed by atoms with Gasteiger partial charge in [0.25, 0.3) is 0 Å². The number of aromatic nitrogens is 2. The fourth-order valence-corrected chi connectivity index (χ4v) is 2.50. The minimum Gasteiger partial charge on any atom is -0.344 e. The molecule has 0 atom stereocenters. The summed E-state index contributed by atoms with van der Waals surface area (Å²) in [6, 6.07) is 0. The van der Waals surface area contributed by atoms with Crippen molar-refractivity contribution in [2.75, 3.05) is 44.7 Å². The highest BCUT2D eigenvalue weighted by atomic mass is 32.1. The summed E-state index contributed by atoms with van der Waals surface area (Å²) in [6.45, 7) is 4.95. The summed E-state index contributed by atoms with van der Waals surface area (Å²) in [6.07, 6.45) is 0.839. The molecule has 84 valence electrons. The van der Waals surface area contributed by atoms with Crippen molar-refractivity contribution < 1.29 is 0 Å². The molecule has 5 nitrogen and oxygen atoms in total. The van der Waals surface area contributed by atoms with E-state index in [4.69, 9.17) is 5.73 Å². The van der Waals surface area contributed by atoms with Gasteiger partial charge in [0.2, 0.25) is 5.13 Å². The summed E-state index contributed by atoms with van der Waals surface area (Å²) in [4.78, 5) is 4.63. The Morgan fingerprint density at radius 1 is 1.27 bits per heavy atom. The maximum atomic E-state index is 5.49. The van der Waals surface area contributed by atoms with E-state index in [-0.39, 0.29) is 0 Å². The van der Waals surface area contributed by atoms with Gasteiger partial charge in [-0.1, -0.05) is 11.3 Å². The molecule has 1 aliphatic rings. The lowest BCUT2D eigenvalue weighted by Gasteiger charge is -2.31. The Morgan fingerprint density at radius 3 is 2.67 bits per heavy atom. The van der Waals surface area contributed by atoms with Crippen LogP contribution in [0.1, 0.15) is 5.01 Å². The Labute approximate surface area is 93.9 Å². The van der Waals surface area contributed by atoms with E-state index in [2.05, 4.69) is 27.0 Å². The lowest BCUT2D eigenvalue weighted by molar-refractivity contribution is 0.312. The molecule has 0 aromatic carbocycles. The Hall–Kier alpha value is -0.720. The minimum atomic E-state index is 0.650. The normalized spacial score (nSPS) is 18.4. The molecule has 2 rings (SSSR count). The summed E-state index contributed by atoms with van der Waals surface area (Å²) in [5.41, 5.74) is 5.49. The van der Waals surface area contributed by atoms with E-state index in [1.807, 2.05) is 0 Å². The second-order valence-corrected chi connectivity index (χ2v) is 4.85. The largest absolute Gasteiger partial charge is 0.344 e. The van der Waals surface area contributed by atoms with E-state index in [1.165, 1.54) is 0 Å². The molecule has 15 heavy (non-hydrogen) atoms. The SMILES string of the molecule is CN1CCN(c2nnc(CCN)s2)CC1. The highest BCUT2D eigenvalue weighted by Crippen LogP contribution is 2.21. The smallest absolute Gasteiger partial charge is 0.208 e. The molecular weight excluding hydrogens is 210 g/mol. The number of likely N-dealkylation sites (N-methyl/N-ethyl adjacent to an activating group) is 1. The molecule has 0 bridgehead atoms. The highest BCUT2D eigenvalue weighted by molar-refractivity contribution is 7.15. The van der Waals surface area contributed by atoms with Gasteiger partial charge in [-0.25, -0.2) is 0 Å². The Balaban J connectivity index is 1.96. The van der Waals surface area contributed by atoms with E-state index in [0.717, 1.165) is 42.7 Å². The molecule has 1 aromatic heterocycles. The van der Waals surface area contributed by atoms with Crippen molar-refractivity contribution in [1.29, 1.82) is 0 Å². The molecule has 0 amide bonds. The van der Waals surface area contributed by atoms with Crippen LogP contribution < -0.4 is 10.6 Å². The first kappa shape index (κ1) is 10.8. The van der Waals surface area contributed by atoms with Gasteiger partial charge in [-0.15, -0.1) is 10.2 Å². The van der Waals surface area contributed by atoms with Gasteiger partial charge in [0.1, 0.15) is 5.01 Å². The third-order valence-corrected chi connectivity index (χ3v) is 3.63. The van der Waals surface area contributed by atoms with E-state index >= 15 is 0 Å². The molecule has 0 saturated carbocycles. The van der Waals surface area contributed by atoms with E-state index in [1.54, 1.807) is 11.3 Å². The van der Waals surface area contributed by atoms with Crippen LogP contribution in [0.3, 0.4) is 0 Å². The van der Waals surface area contributed by atoms with E-state index in [9.17, 15) is 0 Å². The number of piperazine rings is 1. The van der Waals surface area contributed by atoms with Crippen molar-refractivity contribution in [2.45, 2.75) is 6.42 Å². The molecule has 0 aliphatic carbocycles. The predicted octanol–water partition coefficient (Wildman–Crippen LogP) is -0.209. The van der Waals surface area contributed by atoms with Crippen LogP contribution in [0, 0.1) is 0 Å². The molecule has 0 unspecified atom stereocenters. The Bertz CT molecular complexity index is 305. The first-order valence-electron chi connectivity index (χ1n) is 5.25. The summed E-state index contributed by atoms with van der Waals surface area (Å²) in [7, 11) is 2.15. The van der Waals surface area contributed by atoms with Crippen LogP contribution in [0.5, 0.6) is 0 Å². The zero-order chi connectivity index (χ0) is 10.7. The molecule has 2 heterocycles. The molecule has 0 spiro atoms. The predicted molar refractivity (Wildman–Crippen MR) is 62.4 cm³/mol. The number of hydrogen-bond donors (Lipinski definition) is 1. The fraction of sp³-hybridized carbons (Fsp3) is 0.778. The van der Waals surface area contributed by atoms with Gasteiger partial charge in [0.15, 0.2) is 0 Å². The fourth-order valence-electron chi connectivity index (χ4n) is 1.59. The molecule has 1 fully saturated rings. The molecule has 6 heteroatoms. The zero-order valence-electron chi connectivity index (χ0n) is 9.02. The monoisotopic (exact) mass is 227 g/mol. The minimum absolute atomic E-state index is 0.650. The van der Waals surface area contributed by atoms with Crippen LogP contribution in [-0.4, -0.2) is 54.9 Å². The van der Waals surface area contributed by atoms with Crippen molar-refractivity contribution in [3.8, 4) is 0 Å². The molecule has 2 N–H and O–H groups in total. The van der Waals surface area contributed by atoms with Crippen LogP contribution in [0.15, 0.2) is 0 Å². The highest BCUT2D eigenvalue weighted by Gasteiger charge is 2.17. The van der Waals surface area contributed by atoms with Crippen LogP contribution in [0.2, 0.25) is 0 Å². The van der Waals surface area contributed by atoms with Crippen LogP contribution in [0.25, 0.3) is 0 Å². The third-order valence-electron chi connectivity index (χ3n) is 2.59. The first-order chi connectivity index (χ1) is 7.29. The average Bonchev–Trinajstić information content (AvgIpc) is 2.68. The number of nitrogens with zero attached hydrogens (tertiary/aromatic N) is 4. The van der Waals surface area contributed by atoms with Crippen molar-refractivity contribution in [3.63, 3.8) is 0 Å². The van der Waals surface area contributed by atoms with Crippen molar-refractivity contribution in [2.24, 2.45) is 5.73 Å². The second-order valence-electron chi connectivity index (χ2n) is 3.81. The zero-order valence-corrected chi connectivity index (χ0v) is 9.83. The average molecular weight is 227 g/mol. The maximum absolute atomic E-state index is 5.49. The van der Waals surface area contributed by atoms with Gasteiger partial charge < -0.3 is 15.5 Å². The molecule has 0 radical (unpaired) electrons. The van der Waals surface area contributed by atoms with Gasteiger partial charge in [-0.3, -0.25) is 0 Å². The number of anilines is 1. The van der Waals surface area contributed by atoms with E-state index in [0.29, 0.717) is 6.54 Å². The Morgan fingerprint density at radius 2 is 2.00 bits per heavy atom. The van der Waals surface area contributed by atoms with Gasteiger partial charge in [0, 0.05) is 32.6 Å².